The molecule has 2 aliphatic rings. The summed E-state index contributed by atoms with van der Waals surface area (Å²) in [6.07, 6.45) is 1.11. The normalized spacial score (nSPS) is 21.8. The van der Waals surface area contributed by atoms with Crippen LogP contribution in [0.4, 0.5) is 0 Å². The Morgan fingerprint density at radius 2 is 1.79 bits per heavy atom. The van der Waals surface area contributed by atoms with E-state index < -0.39 is 11.8 Å². The van der Waals surface area contributed by atoms with Gasteiger partial charge in [-0.25, -0.2) is 0 Å². The Labute approximate surface area is 109 Å². The zero-order chi connectivity index (χ0) is 13.4. The van der Waals surface area contributed by atoms with Crippen molar-refractivity contribution >= 4 is 17.7 Å². The van der Waals surface area contributed by atoms with Crippen LogP contribution in [0.25, 0.3) is 0 Å². The van der Waals surface area contributed by atoms with E-state index in [0.717, 1.165) is 5.06 Å². The fourth-order valence-electron chi connectivity index (χ4n) is 2.25. The molecule has 6 nitrogen and oxygen atoms in total. The van der Waals surface area contributed by atoms with Crippen LogP contribution in [0.1, 0.15) is 33.6 Å². The topological polar surface area (TPSA) is 75.7 Å². The first-order valence-corrected chi connectivity index (χ1v) is 6.07. The van der Waals surface area contributed by atoms with Crippen molar-refractivity contribution in [2.75, 3.05) is 6.61 Å². The van der Waals surface area contributed by atoms with E-state index in [1.54, 1.807) is 24.3 Å². The molecule has 0 aromatic heterocycles. The number of benzene rings is 1. The minimum atomic E-state index is -0.454. The predicted octanol–water partition coefficient (Wildman–Crippen LogP) is 0.493. The van der Waals surface area contributed by atoms with Gasteiger partial charge in [-0.1, -0.05) is 12.1 Å². The van der Waals surface area contributed by atoms with Gasteiger partial charge in [-0.15, -0.1) is 5.06 Å². The van der Waals surface area contributed by atoms with Gasteiger partial charge in [-0.3, -0.25) is 19.2 Å². The lowest BCUT2D eigenvalue weighted by Crippen LogP contribution is -2.37. The Hall–Kier alpha value is -2.21. The average molecular weight is 260 g/mol. The van der Waals surface area contributed by atoms with Crippen LogP contribution in [-0.2, 0) is 9.63 Å². The van der Waals surface area contributed by atoms with Crippen molar-refractivity contribution in [2.24, 2.45) is 0 Å². The summed E-state index contributed by atoms with van der Waals surface area (Å²) >= 11 is 0. The van der Waals surface area contributed by atoms with Gasteiger partial charge in [0.1, 0.15) is 0 Å². The molecule has 98 valence electrons. The maximum Gasteiger partial charge on any atom is 0.285 e. The van der Waals surface area contributed by atoms with E-state index in [4.69, 9.17) is 4.84 Å². The summed E-state index contributed by atoms with van der Waals surface area (Å²) in [6.45, 7) is 0.122. The van der Waals surface area contributed by atoms with Crippen LogP contribution >= 0.6 is 0 Å². The Morgan fingerprint density at radius 3 is 2.32 bits per heavy atom. The summed E-state index contributed by atoms with van der Waals surface area (Å²) in [7, 11) is 0. The van der Waals surface area contributed by atoms with Crippen LogP contribution in [0.15, 0.2) is 24.3 Å². The van der Waals surface area contributed by atoms with Crippen molar-refractivity contribution < 1.29 is 19.2 Å². The molecule has 1 fully saturated rings. The highest BCUT2D eigenvalue weighted by Gasteiger charge is 2.37. The molecular formula is C13H12N2O4. The highest BCUT2D eigenvalue weighted by Crippen LogP contribution is 2.23. The molecule has 2 aliphatic heterocycles. The zero-order valence-electron chi connectivity index (χ0n) is 10.1. The second-order valence-electron chi connectivity index (χ2n) is 4.55. The highest BCUT2D eigenvalue weighted by molar-refractivity contribution is 6.20. The fourth-order valence-corrected chi connectivity index (χ4v) is 2.25. The quantitative estimate of drug-likeness (QED) is 0.803. The summed E-state index contributed by atoms with van der Waals surface area (Å²) in [5, 5.41) is 3.49. The lowest BCUT2D eigenvalue weighted by atomic mass is 10.1. The molecule has 0 unspecified atom stereocenters. The van der Waals surface area contributed by atoms with Gasteiger partial charge in [-0.05, 0) is 18.6 Å². The van der Waals surface area contributed by atoms with Crippen molar-refractivity contribution in [1.82, 2.24) is 10.4 Å². The number of hydrogen-bond acceptors (Lipinski definition) is 4. The molecule has 1 atom stereocenters. The largest absolute Gasteiger partial charge is 0.351 e. The molecule has 1 aromatic rings. The van der Waals surface area contributed by atoms with Crippen LogP contribution < -0.4 is 5.32 Å². The van der Waals surface area contributed by atoms with Crippen LogP contribution in [0.3, 0.4) is 0 Å². The number of rotatable bonds is 3. The molecule has 6 heteroatoms. The minimum Gasteiger partial charge on any atom is -0.351 e. The molecular weight excluding hydrogens is 248 g/mol. The highest BCUT2D eigenvalue weighted by atomic mass is 16.7. The van der Waals surface area contributed by atoms with E-state index in [-0.39, 0.29) is 18.6 Å². The number of carbonyl (C=O) groups is 3. The number of imide groups is 1. The Kier molecular flexibility index (Phi) is 2.79. The summed E-state index contributed by atoms with van der Waals surface area (Å²) in [6, 6.07) is 6.44. The molecule has 0 radical (unpaired) electrons. The molecule has 0 aliphatic carbocycles. The van der Waals surface area contributed by atoms with Crippen LogP contribution in [-0.4, -0.2) is 35.4 Å². The zero-order valence-corrected chi connectivity index (χ0v) is 10.1. The van der Waals surface area contributed by atoms with Gasteiger partial charge in [0.15, 0.2) is 0 Å². The molecule has 0 spiro atoms. The smallest absolute Gasteiger partial charge is 0.285 e. The number of hydroxylamine groups is 2. The van der Waals surface area contributed by atoms with Gasteiger partial charge < -0.3 is 5.32 Å². The molecule has 1 saturated heterocycles. The van der Waals surface area contributed by atoms with E-state index in [2.05, 4.69) is 5.32 Å². The van der Waals surface area contributed by atoms with Crippen molar-refractivity contribution in [3.8, 4) is 0 Å². The minimum absolute atomic E-state index is 0.0315. The molecule has 3 rings (SSSR count). The van der Waals surface area contributed by atoms with Gasteiger partial charge >= 0.3 is 0 Å². The van der Waals surface area contributed by atoms with Crippen molar-refractivity contribution in [2.45, 2.75) is 18.9 Å². The summed E-state index contributed by atoms with van der Waals surface area (Å²) in [5.74, 6) is -0.939. The SMILES string of the molecule is O=C1CC[C@@H](CON2C(=O)c3ccccc3C2=O)N1. The van der Waals surface area contributed by atoms with E-state index in [1.807, 2.05) is 0 Å². The molecule has 0 bridgehead atoms. The molecule has 3 amide bonds. The molecule has 1 N–H and O–H groups in total. The molecule has 0 saturated carbocycles. The van der Waals surface area contributed by atoms with Crippen LogP contribution in [0, 0.1) is 0 Å². The maximum absolute atomic E-state index is 12.0. The number of nitrogens with one attached hydrogen (secondary N) is 1. The van der Waals surface area contributed by atoms with E-state index in [0.29, 0.717) is 24.0 Å². The van der Waals surface area contributed by atoms with Crippen LogP contribution in [0.5, 0.6) is 0 Å². The lowest BCUT2D eigenvalue weighted by molar-refractivity contribution is -0.120. The Bertz CT molecular complexity index is 535. The first-order valence-electron chi connectivity index (χ1n) is 6.07. The second kappa shape index (κ2) is 4.47. The monoisotopic (exact) mass is 260 g/mol. The van der Waals surface area contributed by atoms with Crippen LogP contribution in [0.2, 0.25) is 0 Å². The van der Waals surface area contributed by atoms with Gasteiger partial charge in [0, 0.05) is 6.42 Å². The summed E-state index contributed by atoms with van der Waals surface area (Å²) in [5.41, 5.74) is 0.700. The summed E-state index contributed by atoms with van der Waals surface area (Å²) in [4.78, 5) is 40.2. The number of nitrogens with zero attached hydrogens (tertiary/aromatic N) is 1. The number of hydrogen-bond donors (Lipinski definition) is 1. The van der Waals surface area contributed by atoms with Gasteiger partial charge in [-0.2, -0.15) is 0 Å². The second-order valence-corrected chi connectivity index (χ2v) is 4.55. The van der Waals surface area contributed by atoms with Crippen molar-refractivity contribution in [1.29, 1.82) is 0 Å². The number of amides is 3. The number of carbonyl (C=O) groups excluding carboxylic acids is 3. The molecule has 1 aromatic carbocycles. The average Bonchev–Trinajstić information content (AvgIpc) is 2.93. The third-order valence-corrected chi connectivity index (χ3v) is 3.25. The van der Waals surface area contributed by atoms with E-state index >= 15 is 0 Å². The van der Waals surface area contributed by atoms with Crippen molar-refractivity contribution in [3.05, 3.63) is 35.4 Å². The molecule has 2 heterocycles. The standard InChI is InChI=1S/C13H12N2O4/c16-11-6-5-8(14-11)7-19-15-12(17)9-3-1-2-4-10(9)13(15)18/h1-4,8H,5-7H2,(H,14,16)/t8-/m0/s1. The Morgan fingerprint density at radius 1 is 1.16 bits per heavy atom. The summed E-state index contributed by atoms with van der Waals surface area (Å²) < 4.78 is 0. The molecule has 19 heavy (non-hydrogen) atoms. The van der Waals surface area contributed by atoms with Gasteiger partial charge in [0.25, 0.3) is 11.8 Å². The first-order chi connectivity index (χ1) is 9.16. The van der Waals surface area contributed by atoms with Gasteiger partial charge in [0.05, 0.1) is 23.8 Å². The van der Waals surface area contributed by atoms with Gasteiger partial charge in [0.2, 0.25) is 5.91 Å². The third-order valence-electron chi connectivity index (χ3n) is 3.25. The maximum atomic E-state index is 12.0. The van der Waals surface area contributed by atoms with E-state index in [9.17, 15) is 14.4 Å². The first kappa shape index (κ1) is 11.9. The van der Waals surface area contributed by atoms with Crippen molar-refractivity contribution in [3.63, 3.8) is 0 Å². The third kappa shape index (κ3) is 2.00. The predicted molar refractivity (Wildman–Crippen MR) is 64.1 cm³/mol. The fraction of sp³-hybridized carbons (Fsp3) is 0.308. The Balaban J connectivity index is 1.69. The number of fused-ring (bicyclic) bond motifs is 1. The van der Waals surface area contributed by atoms with E-state index in [1.165, 1.54) is 0 Å². The lowest BCUT2D eigenvalue weighted by Gasteiger charge is -2.16.